The van der Waals surface area contributed by atoms with Gasteiger partial charge in [-0.2, -0.15) is 0 Å². The average molecular weight is 295 g/mol. The van der Waals surface area contributed by atoms with Gasteiger partial charge in [-0.3, -0.25) is 9.69 Å². The van der Waals surface area contributed by atoms with Gasteiger partial charge in [-0.25, -0.2) is 0 Å². The topological polar surface area (TPSA) is 48.0 Å². The zero-order valence-corrected chi connectivity index (χ0v) is 13.3. The van der Waals surface area contributed by atoms with Crippen molar-refractivity contribution < 1.29 is 19.0 Å². The molecule has 1 rings (SSSR count). The second-order valence-corrected chi connectivity index (χ2v) is 4.71. The van der Waals surface area contributed by atoms with Crippen LogP contribution in [0.1, 0.15) is 25.8 Å². The molecule has 0 unspecified atom stereocenters. The highest BCUT2D eigenvalue weighted by Crippen LogP contribution is 2.28. The van der Waals surface area contributed by atoms with Crippen molar-refractivity contribution in [2.45, 2.75) is 26.8 Å². The Kier molecular flexibility index (Phi) is 7.61. The van der Waals surface area contributed by atoms with Gasteiger partial charge in [-0.15, -0.1) is 0 Å². The molecule has 0 amide bonds. The summed E-state index contributed by atoms with van der Waals surface area (Å²) in [7, 11) is 3.23. The predicted octanol–water partition coefficient (Wildman–Crippen LogP) is 2.48. The molecule has 0 aliphatic heterocycles. The van der Waals surface area contributed by atoms with E-state index in [0.717, 1.165) is 18.5 Å². The first-order valence-electron chi connectivity index (χ1n) is 7.23. The van der Waals surface area contributed by atoms with E-state index in [-0.39, 0.29) is 5.97 Å². The number of nitrogens with zero attached hydrogens (tertiary/aromatic N) is 1. The van der Waals surface area contributed by atoms with Gasteiger partial charge in [0.1, 0.15) is 0 Å². The number of carbonyl (C=O) groups excluding carboxylic acids is 1. The monoisotopic (exact) mass is 295 g/mol. The van der Waals surface area contributed by atoms with Crippen molar-refractivity contribution in [3.8, 4) is 11.5 Å². The van der Waals surface area contributed by atoms with Gasteiger partial charge in [0.25, 0.3) is 0 Å². The molecule has 0 saturated heterocycles. The van der Waals surface area contributed by atoms with Crippen molar-refractivity contribution in [3.05, 3.63) is 23.8 Å². The lowest BCUT2D eigenvalue weighted by molar-refractivity contribution is -0.144. The van der Waals surface area contributed by atoms with Gasteiger partial charge in [-0.05, 0) is 37.6 Å². The minimum absolute atomic E-state index is 0.188. The largest absolute Gasteiger partial charge is 0.493 e. The number of methoxy groups -OCH3 is 2. The summed E-state index contributed by atoms with van der Waals surface area (Å²) >= 11 is 0. The summed E-state index contributed by atoms with van der Waals surface area (Å²) in [6, 6.07) is 5.80. The molecule has 0 aliphatic rings. The maximum absolute atomic E-state index is 11.6. The summed E-state index contributed by atoms with van der Waals surface area (Å²) in [5.74, 6) is 1.21. The van der Waals surface area contributed by atoms with Crippen LogP contribution in [0.2, 0.25) is 0 Å². The number of rotatable bonds is 9. The van der Waals surface area contributed by atoms with E-state index in [2.05, 4.69) is 11.8 Å². The molecule has 0 heterocycles. The zero-order valence-electron chi connectivity index (χ0n) is 13.3. The maximum atomic E-state index is 11.6. The van der Waals surface area contributed by atoms with E-state index in [1.807, 2.05) is 25.1 Å². The van der Waals surface area contributed by atoms with Crippen LogP contribution < -0.4 is 9.47 Å². The molecule has 5 heteroatoms. The summed E-state index contributed by atoms with van der Waals surface area (Å²) in [5.41, 5.74) is 1.07. The quantitative estimate of drug-likeness (QED) is 0.655. The highest BCUT2D eigenvalue weighted by atomic mass is 16.5. The number of esters is 1. The molecule has 0 saturated carbocycles. The smallest absolute Gasteiger partial charge is 0.320 e. The fourth-order valence-electron chi connectivity index (χ4n) is 2.16. The minimum atomic E-state index is -0.188. The van der Waals surface area contributed by atoms with Crippen molar-refractivity contribution in [1.82, 2.24) is 4.90 Å². The standard InChI is InChI=1S/C16H25NO4/c1-5-9-17(12-16(18)21-6-2)11-13-7-8-14(19-3)15(10-13)20-4/h7-8,10H,5-6,9,11-12H2,1-4H3. The molecular formula is C16H25NO4. The summed E-state index contributed by atoms with van der Waals surface area (Å²) in [6.07, 6.45) is 0.979. The maximum Gasteiger partial charge on any atom is 0.320 e. The third kappa shape index (κ3) is 5.63. The Labute approximate surface area is 126 Å². The number of hydrogen-bond acceptors (Lipinski definition) is 5. The van der Waals surface area contributed by atoms with Crippen LogP contribution in [0.3, 0.4) is 0 Å². The third-order valence-electron chi connectivity index (χ3n) is 3.05. The molecule has 0 aromatic heterocycles. The highest BCUT2D eigenvalue weighted by molar-refractivity contribution is 5.71. The molecule has 0 N–H and O–H groups in total. The minimum Gasteiger partial charge on any atom is -0.493 e. The summed E-state index contributed by atoms with van der Waals surface area (Å²) in [4.78, 5) is 13.7. The molecule has 21 heavy (non-hydrogen) atoms. The SMILES string of the molecule is CCCN(CC(=O)OCC)Cc1ccc(OC)c(OC)c1. The van der Waals surface area contributed by atoms with Crippen molar-refractivity contribution >= 4 is 5.97 Å². The predicted molar refractivity (Wildman–Crippen MR) is 81.7 cm³/mol. The van der Waals surface area contributed by atoms with Gasteiger partial charge >= 0.3 is 5.97 Å². The molecular weight excluding hydrogens is 270 g/mol. The van der Waals surface area contributed by atoms with Crippen LogP contribution in [0.15, 0.2) is 18.2 Å². The van der Waals surface area contributed by atoms with Gasteiger partial charge in [0.2, 0.25) is 0 Å². The molecule has 0 bridgehead atoms. The van der Waals surface area contributed by atoms with Crippen LogP contribution in [0.25, 0.3) is 0 Å². The second kappa shape index (κ2) is 9.23. The first-order chi connectivity index (χ1) is 10.1. The van der Waals surface area contributed by atoms with E-state index >= 15 is 0 Å². The van der Waals surface area contributed by atoms with E-state index in [9.17, 15) is 4.79 Å². The van der Waals surface area contributed by atoms with Crippen LogP contribution in [0.4, 0.5) is 0 Å². The van der Waals surface area contributed by atoms with Crippen molar-refractivity contribution in [3.63, 3.8) is 0 Å². The van der Waals surface area contributed by atoms with Crippen molar-refractivity contribution in [1.29, 1.82) is 0 Å². The first-order valence-corrected chi connectivity index (χ1v) is 7.23. The van der Waals surface area contributed by atoms with E-state index in [1.165, 1.54) is 0 Å². The average Bonchev–Trinajstić information content (AvgIpc) is 2.47. The van der Waals surface area contributed by atoms with E-state index < -0.39 is 0 Å². The number of benzene rings is 1. The molecule has 0 fully saturated rings. The highest BCUT2D eigenvalue weighted by Gasteiger charge is 2.13. The molecule has 5 nitrogen and oxygen atoms in total. The lowest BCUT2D eigenvalue weighted by Gasteiger charge is -2.21. The Morgan fingerprint density at radius 2 is 1.86 bits per heavy atom. The lowest BCUT2D eigenvalue weighted by atomic mass is 10.2. The number of hydrogen-bond donors (Lipinski definition) is 0. The number of ether oxygens (including phenoxy) is 3. The van der Waals surface area contributed by atoms with Crippen LogP contribution in [0.5, 0.6) is 11.5 Å². The van der Waals surface area contributed by atoms with E-state index in [1.54, 1.807) is 14.2 Å². The van der Waals surface area contributed by atoms with Crippen LogP contribution in [-0.4, -0.2) is 44.8 Å². The molecule has 0 spiro atoms. The Bertz CT molecular complexity index is 448. The number of carbonyl (C=O) groups is 1. The Morgan fingerprint density at radius 3 is 2.43 bits per heavy atom. The summed E-state index contributed by atoms with van der Waals surface area (Å²) < 4.78 is 15.5. The van der Waals surface area contributed by atoms with Crippen LogP contribution in [0, 0.1) is 0 Å². The molecule has 0 atom stereocenters. The zero-order chi connectivity index (χ0) is 15.7. The summed E-state index contributed by atoms with van der Waals surface area (Å²) in [6.45, 7) is 6.13. The Morgan fingerprint density at radius 1 is 1.14 bits per heavy atom. The Balaban J connectivity index is 2.76. The lowest BCUT2D eigenvalue weighted by Crippen LogP contribution is -2.31. The molecule has 0 aliphatic carbocycles. The van der Waals surface area contributed by atoms with Crippen molar-refractivity contribution in [2.75, 3.05) is 33.9 Å². The van der Waals surface area contributed by atoms with E-state index in [0.29, 0.717) is 31.2 Å². The van der Waals surface area contributed by atoms with Gasteiger partial charge in [0.05, 0.1) is 27.4 Å². The van der Waals surface area contributed by atoms with Gasteiger partial charge < -0.3 is 14.2 Å². The normalized spacial score (nSPS) is 10.5. The third-order valence-corrected chi connectivity index (χ3v) is 3.05. The molecule has 0 radical (unpaired) electrons. The molecule has 1 aromatic carbocycles. The van der Waals surface area contributed by atoms with Crippen LogP contribution in [-0.2, 0) is 16.1 Å². The van der Waals surface area contributed by atoms with Crippen molar-refractivity contribution in [2.24, 2.45) is 0 Å². The fraction of sp³-hybridized carbons (Fsp3) is 0.562. The van der Waals surface area contributed by atoms with Crippen LogP contribution >= 0.6 is 0 Å². The van der Waals surface area contributed by atoms with Gasteiger partial charge in [-0.1, -0.05) is 13.0 Å². The van der Waals surface area contributed by atoms with E-state index in [4.69, 9.17) is 14.2 Å². The molecule has 118 valence electrons. The summed E-state index contributed by atoms with van der Waals surface area (Å²) in [5, 5.41) is 0. The van der Waals surface area contributed by atoms with Gasteiger partial charge in [0.15, 0.2) is 11.5 Å². The molecule has 1 aromatic rings. The van der Waals surface area contributed by atoms with Gasteiger partial charge in [0, 0.05) is 6.54 Å². The Hall–Kier alpha value is -1.75. The first kappa shape index (κ1) is 17.3. The second-order valence-electron chi connectivity index (χ2n) is 4.71. The fourth-order valence-corrected chi connectivity index (χ4v) is 2.16.